The highest BCUT2D eigenvalue weighted by Gasteiger charge is 2.09. The average molecular weight is 264 g/mol. The van der Waals surface area contributed by atoms with E-state index in [2.05, 4.69) is 6.92 Å². The lowest BCUT2D eigenvalue weighted by atomic mass is 10.3. The largest absolute Gasteiger partial charge is 0.481 e. The summed E-state index contributed by atoms with van der Waals surface area (Å²) in [4.78, 5) is 21.4. The Morgan fingerprint density at radius 3 is 2.53 bits per heavy atom. The normalized spacial score (nSPS) is 12.1. The molecular formula is C11H20O5S. The number of carbonyl (C=O) groups excluding carboxylic acids is 1. The quantitative estimate of drug-likeness (QED) is 0.475. The van der Waals surface area contributed by atoms with Crippen molar-refractivity contribution in [3.8, 4) is 0 Å². The lowest BCUT2D eigenvalue weighted by Gasteiger charge is -2.04. The van der Waals surface area contributed by atoms with E-state index in [1.165, 1.54) is 0 Å². The van der Waals surface area contributed by atoms with Crippen LogP contribution in [0.5, 0.6) is 0 Å². The maximum Gasteiger partial charge on any atom is 0.318 e. The molecule has 17 heavy (non-hydrogen) atoms. The molecule has 0 amide bonds. The average Bonchev–Trinajstić information content (AvgIpc) is 2.23. The van der Waals surface area contributed by atoms with Crippen molar-refractivity contribution in [2.45, 2.75) is 39.0 Å². The Morgan fingerprint density at radius 2 is 1.94 bits per heavy atom. The van der Waals surface area contributed by atoms with E-state index in [0.29, 0.717) is 13.0 Å². The molecule has 5 nitrogen and oxygen atoms in total. The molecule has 0 bridgehead atoms. The third-order valence-electron chi connectivity index (χ3n) is 2.05. The van der Waals surface area contributed by atoms with Crippen molar-refractivity contribution >= 4 is 22.7 Å². The van der Waals surface area contributed by atoms with Crippen molar-refractivity contribution in [2.24, 2.45) is 0 Å². The molecule has 0 spiro atoms. The Morgan fingerprint density at radius 1 is 1.24 bits per heavy atom. The van der Waals surface area contributed by atoms with Crippen LogP contribution in [0.25, 0.3) is 0 Å². The summed E-state index contributed by atoms with van der Waals surface area (Å²) in [5, 5.41) is 8.38. The lowest BCUT2D eigenvalue weighted by molar-refractivity contribution is -0.140. The van der Waals surface area contributed by atoms with Gasteiger partial charge in [0, 0.05) is 23.0 Å². The number of hydrogen-bond donors (Lipinski definition) is 1. The zero-order chi connectivity index (χ0) is 13.1. The van der Waals surface area contributed by atoms with Crippen molar-refractivity contribution < 1.29 is 23.6 Å². The second kappa shape index (κ2) is 10.3. The molecule has 0 heterocycles. The molecule has 0 radical (unpaired) electrons. The van der Waals surface area contributed by atoms with E-state index in [0.717, 1.165) is 19.3 Å². The van der Waals surface area contributed by atoms with Gasteiger partial charge < -0.3 is 9.84 Å². The Kier molecular flexibility index (Phi) is 9.71. The number of carbonyl (C=O) groups is 2. The summed E-state index contributed by atoms with van der Waals surface area (Å²) in [6.07, 6.45) is 3.20. The summed E-state index contributed by atoms with van der Waals surface area (Å²) in [5.41, 5.74) is 0. The number of hydrogen-bond acceptors (Lipinski definition) is 4. The number of carboxylic acid groups (broad SMARTS) is 1. The van der Waals surface area contributed by atoms with Gasteiger partial charge in [-0.2, -0.15) is 0 Å². The molecule has 0 saturated carbocycles. The van der Waals surface area contributed by atoms with E-state index in [-0.39, 0.29) is 17.9 Å². The Bertz CT molecular complexity index is 265. The van der Waals surface area contributed by atoms with E-state index < -0.39 is 22.7 Å². The van der Waals surface area contributed by atoms with Gasteiger partial charge in [0.05, 0.1) is 6.61 Å². The summed E-state index contributed by atoms with van der Waals surface area (Å²) < 4.78 is 16.2. The predicted molar refractivity (Wildman–Crippen MR) is 65.2 cm³/mol. The van der Waals surface area contributed by atoms with Crippen LogP contribution in [0, 0.1) is 0 Å². The maximum absolute atomic E-state index is 11.3. The van der Waals surface area contributed by atoms with Crippen molar-refractivity contribution in [1.82, 2.24) is 0 Å². The van der Waals surface area contributed by atoms with Crippen molar-refractivity contribution in [3.63, 3.8) is 0 Å². The van der Waals surface area contributed by atoms with Crippen molar-refractivity contribution in [2.75, 3.05) is 18.1 Å². The van der Waals surface area contributed by atoms with Crippen molar-refractivity contribution in [1.29, 1.82) is 0 Å². The van der Waals surface area contributed by atoms with Crippen LogP contribution in [0.3, 0.4) is 0 Å². The molecule has 0 aromatic rings. The molecular weight excluding hydrogens is 244 g/mol. The molecule has 0 saturated heterocycles. The van der Waals surface area contributed by atoms with E-state index in [4.69, 9.17) is 9.84 Å². The molecule has 6 heteroatoms. The van der Waals surface area contributed by atoms with E-state index in [1.54, 1.807) is 0 Å². The number of unbranched alkanes of at least 4 members (excludes halogenated alkanes) is 2. The van der Waals surface area contributed by atoms with Crippen LogP contribution < -0.4 is 0 Å². The van der Waals surface area contributed by atoms with Gasteiger partial charge in [-0.25, -0.2) is 0 Å². The third kappa shape index (κ3) is 11.4. The summed E-state index contributed by atoms with van der Waals surface area (Å²) in [6, 6.07) is 0. The Labute approximate surface area is 104 Å². The van der Waals surface area contributed by atoms with Crippen molar-refractivity contribution in [3.05, 3.63) is 0 Å². The first-order valence-electron chi connectivity index (χ1n) is 5.78. The highest BCUT2D eigenvalue weighted by atomic mass is 32.2. The fraction of sp³-hybridized carbons (Fsp3) is 0.818. The van der Waals surface area contributed by atoms with Gasteiger partial charge in [0.1, 0.15) is 5.75 Å². The van der Waals surface area contributed by atoms with Gasteiger partial charge in [0.2, 0.25) is 0 Å². The summed E-state index contributed by atoms with van der Waals surface area (Å²) in [6.45, 7) is 2.43. The second-order valence-corrected chi connectivity index (χ2v) is 5.29. The lowest BCUT2D eigenvalue weighted by Crippen LogP contribution is -2.17. The molecule has 0 fully saturated rings. The van der Waals surface area contributed by atoms with Crippen LogP contribution in [-0.4, -0.2) is 39.4 Å². The minimum atomic E-state index is -1.31. The second-order valence-electron chi connectivity index (χ2n) is 3.71. The molecule has 100 valence electrons. The van der Waals surface area contributed by atoms with Crippen LogP contribution in [0.4, 0.5) is 0 Å². The van der Waals surface area contributed by atoms with Crippen LogP contribution >= 0.6 is 0 Å². The smallest absolute Gasteiger partial charge is 0.318 e. The zero-order valence-electron chi connectivity index (χ0n) is 10.1. The molecule has 0 aromatic carbocycles. The standard InChI is InChI=1S/C11H20O5S/c1-2-3-4-7-16-11(14)9-17(15)8-5-6-10(12)13/h2-9H2,1H3,(H,12,13). The molecule has 0 aromatic heterocycles. The molecule has 0 rings (SSSR count). The van der Waals surface area contributed by atoms with Gasteiger partial charge >= 0.3 is 11.9 Å². The van der Waals surface area contributed by atoms with Crippen LogP contribution in [0.1, 0.15) is 39.0 Å². The highest BCUT2D eigenvalue weighted by molar-refractivity contribution is 7.85. The number of esters is 1. The summed E-state index contributed by atoms with van der Waals surface area (Å²) in [7, 11) is -1.31. The minimum Gasteiger partial charge on any atom is -0.481 e. The molecule has 0 aliphatic carbocycles. The molecule has 1 atom stereocenters. The topological polar surface area (TPSA) is 80.7 Å². The van der Waals surface area contributed by atoms with E-state index >= 15 is 0 Å². The number of rotatable bonds is 10. The first kappa shape index (κ1) is 16.1. The number of aliphatic carboxylic acids is 1. The van der Waals surface area contributed by atoms with Gasteiger partial charge in [-0.1, -0.05) is 19.8 Å². The fourth-order valence-corrected chi connectivity index (χ4v) is 2.12. The van der Waals surface area contributed by atoms with Crippen LogP contribution in [0.15, 0.2) is 0 Å². The van der Waals surface area contributed by atoms with E-state index in [1.807, 2.05) is 0 Å². The summed E-state index contributed by atoms with van der Waals surface area (Å²) >= 11 is 0. The first-order chi connectivity index (χ1) is 8.06. The number of ether oxygens (including phenoxy) is 1. The Hall–Kier alpha value is -0.910. The van der Waals surface area contributed by atoms with Gasteiger partial charge in [-0.15, -0.1) is 0 Å². The maximum atomic E-state index is 11.3. The summed E-state index contributed by atoms with van der Waals surface area (Å²) in [5.74, 6) is -1.28. The van der Waals surface area contributed by atoms with E-state index in [9.17, 15) is 13.8 Å². The van der Waals surface area contributed by atoms with Gasteiger partial charge in [-0.3, -0.25) is 13.8 Å². The van der Waals surface area contributed by atoms with Gasteiger partial charge in [-0.05, 0) is 12.8 Å². The molecule has 0 aliphatic heterocycles. The third-order valence-corrected chi connectivity index (χ3v) is 3.35. The Balaban J connectivity index is 3.52. The SMILES string of the molecule is CCCCCOC(=O)CS(=O)CCCC(=O)O. The number of carboxylic acids is 1. The predicted octanol–water partition coefficient (Wildman–Crippen LogP) is 1.33. The van der Waals surface area contributed by atoms with Gasteiger partial charge in [0.15, 0.2) is 0 Å². The van der Waals surface area contributed by atoms with Crippen LogP contribution in [-0.2, 0) is 25.1 Å². The monoisotopic (exact) mass is 264 g/mol. The van der Waals surface area contributed by atoms with Gasteiger partial charge in [0.25, 0.3) is 0 Å². The fourth-order valence-electron chi connectivity index (χ4n) is 1.17. The molecule has 1 N–H and O–H groups in total. The first-order valence-corrected chi connectivity index (χ1v) is 7.27. The molecule has 1 unspecified atom stereocenters. The molecule has 0 aliphatic rings. The highest BCUT2D eigenvalue weighted by Crippen LogP contribution is 1.97. The van der Waals surface area contributed by atoms with Crippen LogP contribution in [0.2, 0.25) is 0 Å². The minimum absolute atomic E-state index is 0.0166. The zero-order valence-corrected chi connectivity index (χ0v) is 11.0.